The number of unbranched alkanes of at least 4 members (excludes halogenated alkanes) is 2. The van der Waals surface area contributed by atoms with Gasteiger partial charge in [0.05, 0.1) is 68.6 Å². The summed E-state index contributed by atoms with van der Waals surface area (Å²) in [6.07, 6.45) is 10.6. The molecule has 0 aromatic heterocycles. The number of piperazine rings is 1. The van der Waals surface area contributed by atoms with E-state index in [-0.39, 0.29) is 30.5 Å². The Morgan fingerprint density at radius 2 is 1.55 bits per heavy atom. The lowest BCUT2D eigenvalue weighted by Gasteiger charge is -2.35. The molecule has 2 saturated heterocycles. The molecule has 0 radical (unpaired) electrons. The molecule has 2 atom stereocenters. The van der Waals surface area contributed by atoms with E-state index in [1.54, 1.807) is 26.4 Å². The molecule has 2 N–H and O–H groups in total. The van der Waals surface area contributed by atoms with E-state index in [9.17, 15) is 14.7 Å². The van der Waals surface area contributed by atoms with Crippen LogP contribution in [-0.2, 0) is 0 Å². The molecule has 1 spiro atoms. The summed E-state index contributed by atoms with van der Waals surface area (Å²) in [7, 11) is 3.19. The van der Waals surface area contributed by atoms with Crippen molar-refractivity contribution in [2.24, 2.45) is 10.4 Å². The number of hydrogen-bond acceptors (Lipinski definition) is 11. The number of aliphatic hydroxyl groups excluding tert-OH is 1. The molecule has 1 saturated carbocycles. The van der Waals surface area contributed by atoms with Gasteiger partial charge in [0.1, 0.15) is 0 Å². The predicted molar refractivity (Wildman–Crippen MR) is 223 cm³/mol. The summed E-state index contributed by atoms with van der Waals surface area (Å²) in [4.78, 5) is 40.7. The fourth-order valence-electron chi connectivity index (χ4n) is 9.20. The van der Waals surface area contributed by atoms with E-state index < -0.39 is 0 Å². The van der Waals surface area contributed by atoms with Crippen LogP contribution in [0.15, 0.2) is 59.7 Å². The number of aliphatic hydroxyl groups is 1. The quantitative estimate of drug-likeness (QED) is 0.193. The van der Waals surface area contributed by atoms with Gasteiger partial charge in [0.2, 0.25) is 0 Å². The van der Waals surface area contributed by atoms with Crippen LogP contribution in [0, 0.1) is 5.41 Å². The lowest BCUT2D eigenvalue weighted by Crippen LogP contribution is -2.47. The van der Waals surface area contributed by atoms with Gasteiger partial charge < -0.3 is 44.1 Å². The Kier molecular flexibility index (Phi) is 10.7. The molecule has 1 aliphatic carbocycles. The van der Waals surface area contributed by atoms with Gasteiger partial charge in [0, 0.05) is 76.0 Å². The smallest absolute Gasteiger partial charge is 0.260 e. The van der Waals surface area contributed by atoms with Gasteiger partial charge in [0.25, 0.3) is 11.8 Å². The summed E-state index contributed by atoms with van der Waals surface area (Å²) in [6, 6.07) is 16.0. The highest BCUT2D eigenvalue weighted by Crippen LogP contribution is 2.55. The second-order valence-corrected chi connectivity index (χ2v) is 16.5. The van der Waals surface area contributed by atoms with Crippen molar-refractivity contribution in [3.63, 3.8) is 0 Å². The number of amides is 2. The van der Waals surface area contributed by atoms with Gasteiger partial charge in [-0.2, -0.15) is 0 Å². The third-order valence-electron chi connectivity index (χ3n) is 12.8. The SMILES string of the molecule is COc1cc2c(cc1OCCCCCOc1cc3c(cc1OC)C(=O)N1C=C(c4ccc(N5CCN(CCO)CC5)cc4)C[C@H]1CN3)N=C[C@@H]1CC3(CC3)CN1C2=O. The maximum atomic E-state index is 14.0. The Balaban J connectivity index is 0.767. The van der Waals surface area contributed by atoms with Gasteiger partial charge in [-0.3, -0.25) is 19.5 Å². The monoisotopic (exact) mass is 790 g/mol. The molecule has 6 aliphatic rings. The Hall–Kier alpha value is -5.27. The first-order chi connectivity index (χ1) is 28.3. The first-order valence-corrected chi connectivity index (χ1v) is 20.9. The van der Waals surface area contributed by atoms with Crippen molar-refractivity contribution in [3.8, 4) is 23.0 Å². The Bertz CT molecular complexity index is 2090. The van der Waals surface area contributed by atoms with E-state index in [1.165, 1.54) is 18.5 Å². The van der Waals surface area contributed by atoms with Crippen molar-refractivity contribution >= 4 is 40.7 Å². The van der Waals surface area contributed by atoms with Crippen LogP contribution < -0.4 is 29.2 Å². The lowest BCUT2D eigenvalue weighted by molar-refractivity contribution is 0.0765. The number of ether oxygens (including phenoxy) is 4. The zero-order valence-electron chi connectivity index (χ0n) is 33.6. The van der Waals surface area contributed by atoms with Gasteiger partial charge in [-0.25, -0.2) is 0 Å². The number of benzene rings is 3. The number of methoxy groups -OCH3 is 2. The number of β-amino-alcohol motifs (C(OH)–C–C–N with tert-alkyl or cyclic N) is 1. The van der Waals surface area contributed by atoms with Gasteiger partial charge in [-0.15, -0.1) is 0 Å². The summed E-state index contributed by atoms with van der Waals surface area (Å²) >= 11 is 0. The van der Waals surface area contributed by atoms with E-state index in [0.29, 0.717) is 65.0 Å². The predicted octanol–water partition coefficient (Wildman–Crippen LogP) is 5.84. The van der Waals surface area contributed by atoms with E-state index >= 15 is 0 Å². The topological polar surface area (TPSA) is 129 Å². The number of nitrogens with one attached hydrogen (secondary N) is 1. The molecular formula is C45H54N6O7. The third kappa shape index (κ3) is 7.57. The molecule has 3 aromatic rings. The van der Waals surface area contributed by atoms with Gasteiger partial charge in [0.15, 0.2) is 23.0 Å². The molecule has 2 amide bonds. The van der Waals surface area contributed by atoms with Crippen LogP contribution in [0.25, 0.3) is 5.57 Å². The molecular weight excluding hydrogens is 737 g/mol. The zero-order chi connectivity index (χ0) is 39.8. The summed E-state index contributed by atoms with van der Waals surface area (Å²) in [5, 5.41) is 12.8. The molecule has 3 aromatic carbocycles. The highest BCUT2D eigenvalue weighted by molar-refractivity contribution is 6.04. The first kappa shape index (κ1) is 38.3. The standard InChI is InChI=1S/C45H54N6O7/c1-55-39-21-35-37(46-26-33-20-31(28-50(33)43(35)53)30-6-8-32(9-7-30)49-14-12-48(13-15-49)16-17-52)23-41(39)57-18-4-3-5-19-58-42-24-38-36(22-40(42)56-2)44(54)51-29-45(10-11-45)25-34(51)27-47-38/h6-9,21-24,27-28,33-34,46,52H,3-5,10-20,25-26,29H2,1-2H3/t33-,34-/m0/s1. The number of anilines is 2. The molecule has 0 bridgehead atoms. The summed E-state index contributed by atoms with van der Waals surface area (Å²) in [5.41, 5.74) is 6.29. The summed E-state index contributed by atoms with van der Waals surface area (Å²) in [5.74, 6) is 2.21. The molecule has 306 valence electrons. The number of nitrogens with zero attached hydrogens (tertiary/aromatic N) is 5. The molecule has 13 heteroatoms. The van der Waals surface area contributed by atoms with Crippen molar-refractivity contribution < 1.29 is 33.6 Å². The Morgan fingerprint density at radius 3 is 2.24 bits per heavy atom. The van der Waals surface area contributed by atoms with Crippen molar-refractivity contribution in [1.82, 2.24) is 14.7 Å². The van der Waals surface area contributed by atoms with Crippen LogP contribution in [0.3, 0.4) is 0 Å². The first-order valence-electron chi connectivity index (χ1n) is 20.9. The largest absolute Gasteiger partial charge is 0.493 e. The maximum Gasteiger partial charge on any atom is 0.260 e. The number of rotatable bonds is 14. The minimum Gasteiger partial charge on any atom is -0.493 e. The second kappa shape index (κ2) is 16.2. The van der Waals surface area contributed by atoms with Crippen LogP contribution in [0.2, 0.25) is 0 Å². The minimum atomic E-state index is -0.0569. The number of fused-ring (bicyclic) bond motifs is 4. The third-order valence-corrected chi connectivity index (χ3v) is 12.8. The Morgan fingerprint density at radius 1 is 0.845 bits per heavy atom. The van der Waals surface area contributed by atoms with Crippen LogP contribution in [0.5, 0.6) is 23.0 Å². The fraction of sp³-hybridized carbons (Fsp3) is 0.489. The maximum absolute atomic E-state index is 14.0. The second-order valence-electron chi connectivity index (χ2n) is 16.5. The molecule has 58 heavy (non-hydrogen) atoms. The molecule has 5 aliphatic heterocycles. The fourth-order valence-corrected chi connectivity index (χ4v) is 9.20. The lowest BCUT2D eigenvalue weighted by atomic mass is 10.0. The highest BCUT2D eigenvalue weighted by atomic mass is 16.5. The highest BCUT2D eigenvalue weighted by Gasteiger charge is 2.53. The average molecular weight is 791 g/mol. The van der Waals surface area contributed by atoms with E-state index in [1.807, 2.05) is 34.3 Å². The number of aliphatic imine (C=N–C) groups is 1. The average Bonchev–Trinajstić information content (AvgIpc) is 3.78. The molecule has 3 fully saturated rings. The van der Waals surface area contributed by atoms with Gasteiger partial charge in [-0.1, -0.05) is 12.1 Å². The van der Waals surface area contributed by atoms with Crippen molar-refractivity contribution in [2.75, 3.05) is 90.1 Å². The molecule has 9 rings (SSSR count). The van der Waals surface area contributed by atoms with Gasteiger partial charge >= 0.3 is 0 Å². The number of carbonyl (C=O) groups is 2. The van der Waals surface area contributed by atoms with E-state index in [0.717, 1.165) is 88.2 Å². The van der Waals surface area contributed by atoms with E-state index in [2.05, 4.69) is 39.4 Å². The summed E-state index contributed by atoms with van der Waals surface area (Å²) < 4.78 is 23.7. The van der Waals surface area contributed by atoms with Crippen molar-refractivity contribution in [3.05, 3.63) is 71.4 Å². The minimum absolute atomic E-state index is 0.000295. The molecule has 5 heterocycles. The number of hydrogen-bond donors (Lipinski definition) is 2. The van der Waals surface area contributed by atoms with Gasteiger partial charge in [-0.05, 0) is 85.8 Å². The Labute approximate surface area is 340 Å². The van der Waals surface area contributed by atoms with E-state index in [4.69, 9.17) is 23.9 Å². The number of carbonyl (C=O) groups excluding carboxylic acids is 2. The summed E-state index contributed by atoms with van der Waals surface area (Å²) in [6.45, 7) is 7.12. The molecule has 13 nitrogen and oxygen atoms in total. The molecule has 0 unspecified atom stereocenters. The van der Waals surface area contributed by atoms with Crippen LogP contribution in [0.4, 0.5) is 17.1 Å². The van der Waals surface area contributed by atoms with Crippen molar-refractivity contribution in [2.45, 2.75) is 57.0 Å². The van der Waals surface area contributed by atoms with Crippen molar-refractivity contribution in [1.29, 1.82) is 0 Å². The normalized spacial score (nSPS) is 21.7. The van der Waals surface area contributed by atoms with Crippen LogP contribution in [0.1, 0.15) is 71.2 Å². The van der Waals surface area contributed by atoms with Crippen LogP contribution in [-0.4, -0.2) is 130 Å². The zero-order valence-corrected chi connectivity index (χ0v) is 33.6. The van der Waals surface area contributed by atoms with Crippen LogP contribution >= 0.6 is 0 Å².